The van der Waals surface area contributed by atoms with Gasteiger partial charge in [0.25, 0.3) is 5.91 Å². The molecule has 1 aliphatic heterocycles. The predicted molar refractivity (Wildman–Crippen MR) is 117 cm³/mol. The normalized spacial score (nSPS) is 14.6. The second-order valence-electron chi connectivity index (χ2n) is 8.04. The number of amides is 1. The molecule has 1 N–H and O–H groups in total. The van der Waals surface area contributed by atoms with E-state index in [0.717, 1.165) is 22.0 Å². The number of nitrogens with zero attached hydrogens (tertiary/aromatic N) is 1. The number of nitrogens with one attached hydrogen (secondary N) is 1. The van der Waals surface area contributed by atoms with Crippen LogP contribution in [0.3, 0.4) is 0 Å². The Kier molecular flexibility index (Phi) is 6.47. The van der Waals surface area contributed by atoms with Gasteiger partial charge in [-0.1, -0.05) is 12.1 Å². The number of carbonyl (C=O) groups excluding carboxylic acids is 1. The molecule has 1 amide bonds. The van der Waals surface area contributed by atoms with Crippen LogP contribution in [-0.2, 0) is 16.4 Å². The standard InChI is InChI=1S/C22H28N2O6S/c1-22(2)14-16-7-6-8-18(20(16)30-22)29-12-11-23-21(25)15-9-10-17(28-5)19(13-15)31(26,27)24(3)4/h6-10,13H,11-12,14H2,1-5H3,(H,23,25). The molecule has 2 aromatic carbocycles. The van der Waals surface area contributed by atoms with Crippen LogP contribution in [0.1, 0.15) is 29.8 Å². The first-order valence-corrected chi connectivity index (χ1v) is 11.3. The lowest BCUT2D eigenvalue weighted by atomic mass is 10.0. The number of fused-ring (bicyclic) bond motifs is 1. The van der Waals surface area contributed by atoms with Gasteiger partial charge in [-0.3, -0.25) is 4.79 Å². The summed E-state index contributed by atoms with van der Waals surface area (Å²) in [6.07, 6.45) is 0.811. The number of ether oxygens (including phenoxy) is 3. The summed E-state index contributed by atoms with van der Waals surface area (Å²) in [5.41, 5.74) is 1.04. The van der Waals surface area contributed by atoms with Crippen molar-refractivity contribution in [2.75, 3.05) is 34.4 Å². The molecule has 168 valence electrons. The second kappa shape index (κ2) is 8.76. The summed E-state index contributed by atoms with van der Waals surface area (Å²) >= 11 is 0. The lowest BCUT2D eigenvalue weighted by Gasteiger charge is -2.18. The van der Waals surface area contributed by atoms with Crippen LogP contribution in [0.5, 0.6) is 17.2 Å². The van der Waals surface area contributed by atoms with Gasteiger partial charge in [-0.25, -0.2) is 12.7 Å². The molecule has 8 nitrogen and oxygen atoms in total. The molecule has 31 heavy (non-hydrogen) atoms. The fourth-order valence-corrected chi connectivity index (χ4v) is 4.42. The van der Waals surface area contributed by atoms with Crippen LogP contribution < -0.4 is 19.5 Å². The van der Waals surface area contributed by atoms with Crippen LogP contribution in [0.4, 0.5) is 0 Å². The van der Waals surface area contributed by atoms with Gasteiger partial charge in [-0.15, -0.1) is 0 Å². The average molecular weight is 449 g/mol. The minimum Gasteiger partial charge on any atom is -0.495 e. The summed E-state index contributed by atoms with van der Waals surface area (Å²) in [7, 11) is 0.460. The van der Waals surface area contributed by atoms with Gasteiger partial charge in [-0.2, -0.15) is 0 Å². The van der Waals surface area contributed by atoms with Crippen molar-refractivity contribution in [2.24, 2.45) is 0 Å². The number of hydrogen-bond donors (Lipinski definition) is 1. The molecule has 1 aliphatic rings. The molecule has 3 rings (SSSR count). The summed E-state index contributed by atoms with van der Waals surface area (Å²) < 4.78 is 43.1. The number of methoxy groups -OCH3 is 1. The highest BCUT2D eigenvalue weighted by molar-refractivity contribution is 7.89. The molecule has 0 bridgehead atoms. The number of carbonyl (C=O) groups is 1. The number of rotatable bonds is 8. The van der Waals surface area contributed by atoms with Crippen molar-refractivity contribution in [3.8, 4) is 17.2 Å². The maximum absolute atomic E-state index is 12.5. The summed E-state index contributed by atoms with van der Waals surface area (Å²) in [6.45, 7) is 4.53. The Labute approximate surface area is 183 Å². The van der Waals surface area contributed by atoms with E-state index < -0.39 is 15.9 Å². The van der Waals surface area contributed by atoms with Crippen molar-refractivity contribution in [1.29, 1.82) is 0 Å². The molecule has 1 heterocycles. The molecule has 0 saturated heterocycles. The highest BCUT2D eigenvalue weighted by Gasteiger charge is 2.32. The Morgan fingerprint density at radius 3 is 2.61 bits per heavy atom. The Morgan fingerprint density at radius 1 is 1.19 bits per heavy atom. The highest BCUT2D eigenvalue weighted by atomic mass is 32.2. The molecule has 2 aromatic rings. The van der Waals surface area contributed by atoms with Gasteiger partial charge in [0.2, 0.25) is 10.0 Å². The van der Waals surface area contributed by atoms with Crippen molar-refractivity contribution in [3.63, 3.8) is 0 Å². The second-order valence-corrected chi connectivity index (χ2v) is 10.2. The molecule has 0 aromatic heterocycles. The van der Waals surface area contributed by atoms with Crippen molar-refractivity contribution in [3.05, 3.63) is 47.5 Å². The zero-order valence-corrected chi connectivity index (χ0v) is 19.2. The van der Waals surface area contributed by atoms with E-state index in [1.165, 1.54) is 39.4 Å². The summed E-state index contributed by atoms with van der Waals surface area (Å²) in [6, 6.07) is 10.1. The van der Waals surface area contributed by atoms with Crippen molar-refractivity contribution in [1.82, 2.24) is 9.62 Å². The van der Waals surface area contributed by atoms with Gasteiger partial charge in [0, 0.05) is 31.6 Å². The number of hydrogen-bond acceptors (Lipinski definition) is 6. The van der Waals surface area contributed by atoms with Crippen LogP contribution in [0.2, 0.25) is 0 Å². The van der Waals surface area contributed by atoms with Crippen molar-refractivity contribution >= 4 is 15.9 Å². The Morgan fingerprint density at radius 2 is 1.94 bits per heavy atom. The van der Waals surface area contributed by atoms with E-state index in [-0.39, 0.29) is 35.0 Å². The fraction of sp³-hybridized carbons (Fsp3) is 0.409. The minimum atomic E-state index is -3.76. The zero-order valence-electron chi connectivity index (χ0n) is 18.4. The monoisotopic (exact) mass is 448 g/mol. The summed E-state index contributed by atoms with van der Waals surface area (Å²) in [4.78, 5) is 12.5. The van der Waals surface area contributed by atoms with Crippen LogP contribution >= 0.6 is 0 Å². The lowest BCUT2D eigenvalue weighted by molar-refractivity contribution is 0.0946. The largest absolute Gasteiger partial charge is 0.495 e. The Bertz CT molecular complexity index is 1080. The first-order chi connectivity index (χ1) is 14.5. The van der Waals surface area contributed by atoms with Gasteiger partial charge < -0.3 is 19.5 Å². The van der Waals surface area contributed by atoms with Crippen LogP contribution in [-0.4, -0.2) is 58.6 Å². The van der Waals surface area contributed by atoms with E-state index in [1.807, 2.05) is 32.0 Å². The number of para-hydroxylation sites is 1. The molecule has 0 radical (unpaired) electrons. The zero-order chi connectivity index (χ0) is 22.8. The molecular formula is C22H28N2O6S. The van der Waals surface area contributed by atoms with E-state index in [0.29, 0.717) is 5.75 Å². The van der Waals surface area contributed by atoms with E-state index in [9.17, 15) is 13.2 Å². The van der Waals surface area contributed by atoms with Gasteiger partial charge in [-0.05, 0) is 38.1 Å². The van der Waals surface area contributed by atoms with Crippen LogP contribution in [0, 0.1) is 0 Å². The van der Waals surface area contributed by atoms with Crippen molar-refractivity contribution < 1.29 is 27.4 Å². The third kappa shape index (κ3) is 4.94. The summed E-state index contributed by atoms with van der Waals surface area (Å²) in [5, 5.41) is 2.74. The minimum absolute atomic E-state index is 0.0662. The third-order valence-corrected chi connectivity index (χ3v) is 6.72. The van der Waals surface area contributed by atoms with E-state index in [4.69, 9.17) is 14.2 Å². The molecule has 0 saturated carbocycles. The van der Waals surface area contributed by atoms with Gasteiger partial charge in [0.1, 0.15) is 22.9 Å². The first-order valence-electron chi connectivity index (χ1n) is 9.87. The molecule has 0 atom stereocenters. The van der Waals surface area contributed by atoms with Gasteiger partial charge >= 0.3 is 0 Å². The highest BCUT2D eigenvalue weighted by Crippen LogP contribution is 2.41. The van der Waals surface area contributed by atoms with Gasteiger partial charge in [0.15, 0.2) is 11.5 Å². The topological polar surface area (TPSA) is 94.2 Å². The van der Waals surface area contributed by atoms with Crippen LogP contribution in [0.15, 0.2) is 41.3 Å². The maximum Gasteiger partial charge on any atom is 0.251 e. The molecule has 0 fully saturated rings. The quantitative estimate of drug-likeness (QED) is 0.624. The van der Waals surface area contributed by atoms with E-state index >= 15 is 0 Å². The lowest BCUT2D eigenvalue weighted by Crippen LogP contribution is -2.29. The molecule has 0 aliphatic carbocycles. The van der Waals surface area contributed by atoms with E-state index in [1.54, 1.807) is 0 Å². The Hall–Kier alpha value is -2.78. The molecular weight excluding hydrogens is 420 g/mol. The molecule has 9 heteroatoms. The van der Waals surface area contributed by atoms with Crippen LogP contribution in [0.25, 0.3) is 0 Å². The molecule has 0 unspecified atom stereocenters. The van der Waals surface area contributed by atoms with Gasteiger partial charge in [0.05, 0.1) is 13.7 Å². The first kappa shape index (κ1) is 22.9. The van der Waals surface area contributed by atoms with Crippen molar-refractivity contribution in [2.45, 2.75) is 30.8 Å². The maximum atomic E-state index is 12.5. The summed E-state index contributed by atoms with van der Waals surface area (Å²) in [5.74, 6) is 1.15. The fourth-order valence-electron chi connectivity index (χ4n) is 3.34. The SMILES string of the molecule is COc1ccc(C(=O)NCCOc2cccc3c2OC(C)(C)C3)cc1S(=O)(=O)N(C)C. The average Bonchev–Trinajstić information content (AvgIpc) is 3.04. The number of benzene rings is 2. The molecule has 0 spiro atoms. The predicted octanol–water partition coefficient (Wildman–Crippen LogP) is 2.47. The van der Waals surface area contributed by atoms with E-state index in [2.05, 4.69) is 5.32 Å². The Balaban J connectivity index is 1.63. The number of sulfonamides is 1. The third-order valence-electron chi connectivity index (χ3n) is 4.88. The smallest absolute Gasteiger partial charge is 0.251 e.